The van der Waals surface area contributed by atoms with Gasteiger partial charge in [0.25, 0.3) is 5.56 Å². The van der Waals surface area contributed by atoms with Crippen molar-refractivity contribution >= 4 is 37.6 Å². The minimum absolute atomic E-state index is 0.0661. The summed E-state index contributed by atoms with van der Waals surface area (Å²) in [6, 6.07) is 10.8. The maximum absolute atomic E-state index is 12.0. The molecule has 0 aliphatic rings. The molecule has 0 unspecified atom stereocenters. The maximum Gasteiger partial charge on any atom is 0.264 e. The Bertz CT molecular complexity index is 662. The molecule has 2 rings (SSSR count). The van der Waals surface area contributed by atoms with E-state index in [0.29, 0.717) is 29.4 Å². The van der Waals surface area contributed by atoms with E-state index in [1.807, 2.05) is 18.2 Å². The first-order valence-electron chi connectivity index (χ1n) is 6.21. The molecule has 0 atom stereocenters. The molecule has 0 amide bonds. The molecule has 104 valence electrons. The van der Waals surface area contributed by atoms with E-state index in [0.717, 1.165) is 4.47 Å². The van der Waals surface area contributed by atoms with Crippen LogP contribution in [0.2, 0.25) is 0 Å². The van der Waals surface area contributed by atoms with Crippen LogP contribution in [0.4, 0.5) is 0 Å². The first kappa shape index (κ1) is 15.2. The number of ketones is 1. The number of nitrogens with zero attached hydrogens (tertiary/aromatic N) is 1. The SMILES string of the molecule is O=C(CCCn1cccc(Br)c1=O)c1ccc(Br)cc1. The second-order valence-electron chi connectivity index (χ2n) is 4.39. The zero-order valence-electron chi connectivity index (χ0n) is 10.7. The van der Waals surface area contributed by atoms with Crippen molar-refractivity contribution in [2.75, 3.05) is 0 Å². The van der Waals surface area contributed by atoms with E-state index in [-0.39, 0.29) is 11.3 Å². The Morgan fingerprint density at radius 2 is 1.80 bits per heavy atom. The summed E-state index contributed by atoms with van der Waals surface area (Å²) >= 11 is 6.54. The molecule has 1 aromatic heterocycles. The van der Waals surface area contributed by atoms with Crippen molar-refractivity contribution in [1.82, 2.24) is 4.57 Å². The molecule has 5 heteroatoms. The number of aromatic nitrogens is 1. The molecule has 0 bridgehead atoms. The Kier molecular flexibility index (Phi) is 5.31. The molecule has 1 aromatic carbocycles. The summed E-state index contributed by atoms with van der Waals surface area (Å²) in [7, 11) is 0. The van der Waals surface area contributed by atoms with Crippen molar-refractivity contribution in [3.63, 3.8) is 0 Å². The van der Waals surface area contributed by atoms with Gasteiger partial charge in [-0.05, 0) is 46.6 Å². The molecule has 0 N–H and O–H groups in total. The van der Waals surface area contributed by atoms with Gasteiger partial charge in [0.2, 0.25) is 0 Å². The lowest BCUT2D eigenvalue weighted by molar-refractivity contribution is 0.0978. The summed E-state index contributed by atoms with van der Waals surface area (Å²) in [5, 5.41) is 0. The molecule has 0 aliphatic carbocycles. The van der Waals surface area contributed by atoms with Crippen LogP contribution in [0.3, 0.4) is 0 Å². The molecular formula is C15H13Br2NO2. The van der Waals surface area contributed by atoms with Crippen molar-refractivity contribution in [3.8, 4) is 0 Å². The molecule has 0 radical (unpaired) electrons. The third kappa shape index (κ3) is 3.90. The number of rotatable bonds is 5. The first-order valence-corrected chi connectivity index (χ1v) is 7.80. The lowest BCUT2D eigenvalue weighted by Gasteiger charge is -2.05. The third-order valence-electron chi connectivity index (χ3n) is 2.94. The van der Waals surface area contributed by atoms with Gasteiger partial charge in [0, 0.05) is 29.2 Å². The highest BCUT2D eigenvalue weighted by molar-refractivity contribution is 9.10. The Labute approximate surface area is 133 Å². The van der Waals surface area contributed by atoms with Crippen molar-refractivity contribution < 1.29 is 4.79 Å². The van der Waals surface area contributed by atoms with Crippen LogP contribution >= 0.6 is 31.9 Å². The molecule has 2 aromatic rings. The summed E-state index contributed by atoms with van der Waals surface area (Å²) in [5.74, 6) is 0.0977. The number of halogens is 2. The lowest BCUT2D eigenvalue weighted by atomic mass is 10.1. The number of hydrogen-bond acceptors (Lipinski definition) is 2. The Morgan fingerprint density at radius 3 is 2.50 bits per heavy atom. The van der Waals surface area contributed by atoms with Gasteiger partial charge >= 0.3 is 0 Å². The highest BCUT2D eigenvalue weighted by atomic mass is 79.9. The van der Waals surface area contributed by atoms with Crippen molar-refractivity contribution in [1.29, 1.82) is 0 Å². The van der Waals surface area contributed by atoms with E-state index in [1.54, 1.807) is 29.0 Å². The van der Waals surface area contributed by atoms with Crippen LogP contribution in [0.25, 0.3) is 0 Å². The number of aryl methyl sites for hydroxylation is 1. The largest absolute Gasteiger partial charge is 0.315 e. The first-order chi connectivity index (χ1) is 9.58. The van der Waals surface area contributed by atoms with Crippen LogP contribution in [0.1, 0.15) is 23.2 Å². The zero-order valence-corrected chi connectivity index (χ0v) is 13.9. The minimum Gasteiger partial charge on any atom is -0.315 e. The van der Waals surface area contributed by atoms with E-state index < -0.39 is 0 Å². The summed E-state index contributed by atoms with van der Waals surface area (Å²) < 4.78 is 3.10. The smallest absolute Gasteiger partial charge is 0.264 e. The van der Waals surface area contributed by atoms with Crippen molar-refractivity contribution in [3.05, 3.63) is 67.5 Å². The highest BCUT2D eigenvalue weighted by Crippen LogP contribution is 2.13. The van der Waals surface area contributed by atoms with E-state index in [9.17, 15) is 9.59 Å². The second-order valence-corrected chi connectivity index (χ2v) is 6.16. The van der Waals surface area contributed by atoms with Crippen LogP contribution in [0, 0.1) is 0 Å². The average molecular weight is 399 g/mol. The van der Waals surface area contributed by atoms with Gasteiger partial charge in [-0.3, -0.25) is 9.59 Å². The number of pyridine rings is 1. The van der Waals surface area contributed by atoms with Crippen LogP contribution < -0.4 is 5.56 Å². The molecule has 0 aliphatic heterocycles. The molecular weight excluding hydrogens is 386 g/mol. The monoisotopic (exact) mass is 397 g/mol. The number of carbonyl (C=O) groups is 1. The van der Waals surface area contributed by atoms with Gasteiger partial charge < -0.3 is 4.57 Å². The Hall–Kier alpha value is -1.20. The number of carbonyl (C=O) groups excluding carboxylic acids is 1. The molecule has 0 spiro atoms. The molecule has 0 saturated carbocycles. The lowest BCUT2D eigenvalue weighted by Crippen LogP contribution is -2.20. The minimum atomic E-state index is -0.0661. The standard InChI is InChI=1S/C15H13Br2NO2/c16-12-7-5-11(6-8-12)14(19)4-2-10-18-9-1-3-13(17)15(18)20/h1,3,5-9H,2,4,10H2. The summed E-state index contributed by atoms with van der Waals surface area (Å²) in [5.41, 5.74) is 0.637. The van der Waals surface area contributed by atoms with Crippen LogP contribution in [0.15, 0.2) is 56.3 Å². The topological polar surface area (TPSA) is 39.1 Å². The quantitative estimate of drug-likeness (QED) is 0.713. The molecule has 0 saturated heterocycles. The van der Waals surface area contributed by atoms with Gasteiger partial charge in [-0.2, -0.15) is 0 Å². The van der Waals surface area contributed by atoms with E-state index in [2.05, 4.69) is 31.9 Å². The fraction of sp³-hybridized carbons (Fsp3) is 0.200. The Morgan fingerprint density at radius 1 is 1.10 bits per heavy atom. The highest BCUT2D eigenvalue weighted by Gasteiger charge is 2.06. The van der Waals surface area contributed by atoms with Gasteiger partial charge in [-0.15, -0.1) is 0 Å². The predicted molar refractivity (Wildman–Crippen MR) is 86.1 cm³/mol. The maximum atomic E-state index is 12.0. The zero-order chi connectivity index (χ0) is 14.5. The normalized spacial score (nSPS) is 10.5. The average Bonchev–Trinajstić information content (AvgIpc) is 2.44. The Balaban J connectivity index is 1.93. The van der Waals surface area contributed by atoms with Crippen LogP contribution in [-0.4, -0.2) is 10.4 Å². The van der Waals surface area contributed by atoms with Crippen molar-refractivity contribution in [2.24, 2.45) is 0 Å². The van der Waals surface area contributed by atoms with E-state index in [4.69, 9.17) is 0 Å². The summed E-state index contributed by atoms with van der Waals surface area (Å²) in [4.78, 5) is 23.8. The van der Waals surface area contributed by atoms with Gasteiger partial charge in [0.05, 0.1) is 4.47 Å². The van der Waals surface area contributed by atoms with Crippen LogP contribution in [-0.2, 0) is 6.54 Å². The number of benzene rings is 1. The summed E-state index contributed by atoms with van der Waals surface area (Å²) in [6.45, 7) is 0.542. The predicted octanol–water partition coefficient (Wildman–Crippen LogP) is 4.04. The number of Topliss-reactive ketones (excluding diaryl/α,β-unsaturated/α-hetero) is 1. The second kappa shape index (κ2) is 6.99. The fourth-order valence-corrected chi connectivity index (χ4v) is 2.52. The van der Waals surface area contributed by atoms with Crippen molar-refractivity contribution in [2.45, 2.75) is 19.4 Å². The van der Waals surface area contributed by atoms with Gasteiger partial charge in [-0.25, -0.2) is 0 Å². The molecule has 0 fully saturated rings. The molecule has 20 heavy (non-hydrogen) atoms. The van der Waals surface area contributed by atoms with Gasteiger partial charge in [0.1, 0.15) is 0 Å². The van der Waals surface area contributed by atoms with Crippen LogP contribution in [0.5, 0.6) is 0 Å². The van der Waals surface area contributed by atoms with Gasteiger partial charge in [-0.1, -0.05) is 28.1 Å². The molecule has 3 nitrogen and oxygen atoms in total. The van der Waals surface area contributed by atoms with E-state index in [1.165, 1.54) is 0 Å². The van der Waals surface area contributed by atoms with Gasteiger partial charge in [0.15, 0.2) is 5.78 Å². The van der Waals surface area contributed by atoms with E-state index >= 15 is 0 Å². The molecule has 1 heterocycles. The fourth-order valence-electron chi connectivity index (χ4n) is 1.87. The third-order valence-corrected chi connectivity index (χ3v) is 4.07. The summed E-state index contributed by atoms with van der Waals surface area (Å²) in [6.07, 6.45) is 2.81. The number of hydrogen-bond donors (Lipinski definition) is 0.